The number of hydrogen-bond acceptors (Lipinski definition) is 2. The van der Waals surface area contributed by atoms with Crippen LogP contribution in [0.3, 0.4) is 0 Å². The van der Waals surface area contributed by atoms with Gasteiger partial charge >= 0.3 is 0 Å². The lowest BCUT2D eigenvalue weighted by Crippen LogP contribution is -2.67. The minimum Gasteiger partial charge on any atom is -0.309 e. The van der Waals surface area contributed by atoms with Crippen molar-refractivity contribution in [2.24, 2.45) is 11.3 Å². The maximum Gasteiger partial charge on any atom is 0.202 e. The van der Waals surface area contributed by atoms with Crippen molar-refractivity contribution in [3.63, 3.8) is 0 Å². The number of nitrogens with zero attached hydrogens (tertiary/aromatic N) is 3. The Hall–Kier alpha value is -5.26. The summed E-state index contributed by atoms with van der Waals surface area (Å²) in [5, 5.41) is 15.7. The highest BCUT2D eigenvalue weighted by atomic mass is 28.3. The second kappa shape index (κ2) is 11.6. The first-order chi connectivity index (χ1) is 24.9. The molecule has 4 heterocycles. The van der Waals surface area contributed by atoms with Gasteiger partial charge in [0.2, 0.25) is 8.07 Å². The number of aromatic nitrogens is 4. The van der Waals surface area contributed by atoms with Gasteiger partial charge in [-0.15, -0.1) is 0 Å². The number of benzene rings is 4. The van der Waals surface area contributed by atoms with Crippen LogP contribution < -0.4 is 15.7 Å². The van der Waals surface area contributed by atoms with Crippen LogP contribution in [0.25, 0.3) is 44.3 Å². The molecule has 0 amide bonds. The molecule has 0 spiro atoms. The molecule has 0 radical (unpaired) electrons. The topological polar surface area (TPSA) is 46.5 Å². The monoisotopic (exact) mass is 694 g/mol. The predicted molar refractivity (Wildman–Crippen MR) is 221 cm³/mol. The third kappa shape index (κ3) is 4.93. The van der Waals surface area contributed by atoms with Crippen molar-refractivity contribution in [1.29, 1.82) is 0 Å². The number of fused-ring (bicyclic) bond motifs is 6. The van der Waals surface area contributed by atoms with E-state index >= 15 is 0 Å². The predicted octanol–water partition coefficient (Wildman–Crippen LogP) is 9.57. The van der Waals surface area contributed by atoms with Crippen LogP contribution in [0.4, 0.5) is 0 Å². The Kier molecular flexibility index (Phi) is 7.29. The van der Waals surface area contributed by atoms with E-state index in [1.165, 1.54) is 59.4 Å². The zero-order valence-corrected chi connectivity index (χ0v) is 32.3. The molecule has 1 N–H and O–H groups in total. The van der Waals surface area contributed by atoms with Gasteiger partial charge in [-0.25, -0.2) is 0 Å². The van der Waals surface area contributed by atoms with Gasteiger partial charge in [0.25, 0.3) is 0 Å². The van der Waals surface area contributed by atoms with Gasteiger partial charge < -0.3 is 4.57 Å². The van der Waals surface area contributed by atoms with Gasteiger partial charge in [0.15, 0.2) is 0 Å². The summed E-state index contributed by atoms with van der Waals surface area (Å²) in [6.07, 6.45) is 8.25. The normalized spacial score (nSPS) is 18.7. The second-order valence-electron chi connectivity index (χ2n) is 17.0. The van der Waals surface area contributed by atoms with E-state index in [1.54, 1.807) is 0 Å². The van der Waals surface area contributed by atoms with Crippen molar-refractivity contribution in [2.75, 3.05) is 0 Å². The summed E-state index contributed by atoms with van der Waals surface area (Å²) < 4.78 is 2.46. The maximum atomic E-state index is 5.25. The highest BCUT2D eigenvalue weighted by molar-refractivity contribution is 7.18. The highest BCUT2D eigenvalue weighted by Gasteiger charge is 2.53. The van der Waals surface area contributed by atoms with E-state index in [1.807, 2.05) is 6.20 Å². The van der Waals surface area contributed by atoms with Gasteiger partial charge in [-0.3, -0.25) is 10.1 Å². The zero-order chi connectivity index (χ0) is 36.0. The minimum absolute atomic E-state index is 0.0410. The number of hydrogen-bond donors (Lipinski definition) is 1. The minimum atomic E-state index is -2.82. The summed E-state index contributed by atoms with van der Waals surface area (Å²) >= 11 is 0. The van der Waals surface area contributed by atoms with Crippen molar-refractivity contribution in [3.05, 3.63) is 150 Å². The van der Waals surface area contributed by atoms with Gasteiger partial charge in [0.05, 0.1) is 16.7 Å². The summed E-state index contributed by atoms with van der Waals surface area (Å²) in [4.78, 5) is 5.25. The van der Waals surface area contributed by atoms with Crippen molar-refractivity contribution in [1.82, 2.24) is 19.7 Å². The lowest BCUT2D eigenvalue weighted by Gasteiger charge is -2.35. The third-order valence-corrected chi connectivity index (χ3v) is 16.4. The van der Waals surface area contributed by atoms with E-state index in [-0.39, 0.29) is 10.8 Å². The largest absolute Gasteiger partial charge is 0.309 e. The van der Waals surface area contributed by atoms with E-state index < -0.39 is 8.07 Å². The fraction of sp³-hybridized carbons (Fsp3) is 0.234. The van der Waals surface area contributed by atoms with Crippen molar-refractivity contribution in [3.8, 4) is 16.9 Å². The molecule has 0 saturated heterocycles. The average Bonchev–Trinajstić information content (AvgIpc) is 3.81. The van der Waals surface area contributed by atoms with Crippen LogP contribution in [0.15, 0.2) is 133 Å². The molecule has 1 unspecified atom stereocenters. The van der Waals surface area contributed by atoms with Gasteiger partial charge in [0, 0.05) is 39.2 Å². The second-order valence-corrected chi connectivity index (χ2v) is 20.6. The quantitative estimate of drug-likeness (QED) is 0.187. The number of para-hydroxylation sites is 1. The van der Waals surface area contributed by atoms with Crippen LogP contribution in [0, 0.1) is 18.3 Å². The first-order valence-electron chi connectivity index (χ1n) is 18.6. The summed E-state index contributed by atoms with van der Waals surface area (Å²) in [5.41, 5.74) is 11.1. The molecule has 4 aromatic carbocycles. The van der Waals surface area contributed by atoms with E-state index in [9.17, 15) is 0 Å². The summed E-state index contributed by atoms with van der Waals surface area (Å²) in [7, 11) is -2.82. The number of aryl methyl sites for hydroxylation is 1. The summed E-state index contributed by atoms with van der Waals surface area (Å²) in [6.45, 7) is 16.2. The molecule has 9 rings (SSSR count). The first kappa shape index (κ1) is 32.6. The van der Waals surface area contributed by atoms with Crippen molar-refractivity contribution < 1.29 is 0 Å². The van der Waals surface area contributed by atoms with Crippen molar-refractivity contribution in [2.45, 2.75) is 60.3 Å². The number of allylic oxidation sites excluding steroid dienone is 4. The van der Waals surface area contributed by atoms with E-state index in [2.05, 4.69) is 185 Å². The van der Waals surface area contributed by atoms with Crippen LogP contribution in [-0.2, 0) is 5.41 Å². The SMILES string of the molecule is Cc1cc(-c2ccc3c4ccccc4n(-c4cccc([Si@@]5(c6ccccn6)C6=CCC(C(C)(C)C)C=C6c6cc(C(C)(C)C)ccc65)c4)c3c2)n[nH]1. The molecule has 0 bridgehead atoms. The van der Waals surface area contributed by atoms with Gasteiger partial charge in [-0.2, -0.15) is 5.10 Å². The molecule has 258 valence electrons. The standard InChI is InChI=1S/C47H46N4Si/c1-30-25-40(50-49-30)31-18-21-37-36-15-8-9-16-41(36)51(42(37)26-31)34-13-12-14-35(29-34)52(45-17-10-11-24-48-45)43-22-19-32(46(2,3)4)27-38(43)39-28-33(47(5,6)7)20-23-44(39)52/h8-19,21-29,33H,20H2,1-7H3,(H,49,50)/t33?,52-/m0/s1. The number of nitrogens with one attached hydrogen (secondary N) is 1. The fourth-order valence-corrected chi connectivity index (χ4v) is 13.9. The molecule has 7 aromatic rings. The maximum absolute atomic E-state index is 5.25. The number of rotatable bonds is 4. The van der Waals surface area contributed by atoms with Crippen LogP contribution in [0.2, 0.25) is 0 Å². The Balaban J connectivity index is 1.33. The first-order valence-corrected chi connectivity index (χ1v) is 20.6. The van der Waals surface area contributed by atoms with Gasteiger partial charge in [-0.05, 0) is 105 Å². The smallest absolute Gasteiger partial charge is 0.202 e. The summed E-state index contributed by atoms with van der Waals surface area (Å²) in [6, 6.07) is 41.0. The Bertz CT molecular complexity index is 2590. The van der Waals surface area contributed by atoms with E-state index in [4.69, 9.17) is 4.98 Å². The number of aromatic amines is 1. The molecule has 0 saturated carbocycles. The Morgan fingerprint density at radius 2 is 1.58 bits per heavy atom. The molecule has 2 aliphatic rings. The van der Waals surface area contributed by atoms with Crippen LogP contribution in [0.1, 0.15) is 64.8 Å². The average molecular weight is 695 g/mol. The van der Waals surface area contributed by atoms with Crippen molar-refractivity contribution >= 4 is 51.1 Å². The van der Waals surface area contributed by atoms with E-state index in [0.29, 0.717) is 5.92 Å². The summed E-state index contributed by atoms with van der Waals surface area (Å²) in [5.74, 6) is 0.461. The van der Waals surface area contributed by atoms with Crippen LogP contribution in [0.5, 0.6) is 0 Å². The Morgan fingerprint density at radius 3 is 2.33 bits per heavy atom. The third-order valence-electron chi connectivity index (χ3n) is 11.6. The highest BCUT2D eigenvalue weighted by Crippen LogP contribution is 2.46. The molecule has 1 aliphatic carbocycles. The molecular weight excluding hydrogens is 649 g/mol. The zero-order valence-electron chi connectivity index (χ0n) is 31.3. The molecule has 3 aromatic heterocycles. The Labute approximate surface area is 308 Å². The molecule has 4 nitrogen and oxygen atoms in total. The van der Waals surface area contributed by atoms with E-state index in [0.717, 1.165) is 29.1 Å². The van der Waals surface area contributed by atoms with Gasteiger partial charge in [-0.1, -0.05) is 120 Å². The van der Waals surface area contributed by atoms with Crippen LogP contribution in [-0.4, -0.2) is 27.8 Å². The lowest BCUT2D eigenvalue weighted by molar-refractivity contribution is 0.294. The molecule has 2 atom stereocenters. The number of H-pyrrole nitrogens is 1. The number of pyridine rings is 1. The Morgan fingerprint density at radius 1 is 0.769 bits per heavy atom. The molecule has 5 heteroatoms. The van der Waals surface area contributed by atoms with Crippen LogP contribution >= 0.6 is 0 Å². The fourth-order valence-electron chi connectivity index (χ4n) is 8.78. The molecule has 52 heavy (non-hydrogen) atoms. The van der Waals surface area contributed by atoms with Gasteiger partial charge in [0.1, 0.15) is 0 Å². The lowest BCUT2D eigenvalue weighted by atomic mass is 9.75. The molecule has 1 aliphatic heterocycles. The molecule has 0 fully saturated rings. The molecular formula is C47H46N4Si.